The molecule has 1 aromatic carbocycles. The van der Waals surface area contributed by atoms with E-state index in [1.165, 1.54) is 36.8 Å². The molecule has 0 amide bonds. The molecular formula is C25H37NO3. The molecule has 0 saturated heterocycles. The van der Waals surface area contributed by atoms with Gasteiger partial charge in [-0.25, -0.2) is 0 Å². The number of carboxylic acid groups (broad SMARTS) is 1. The van der Waals surface area contributed by atoms with Gasteiger partial charge in [0.15, 0.2) is 0 Å². The molecule has 2 fully saturated rings. The van der Waals surface area contributed by atoms with Gasteiger partial charge in [0.1, 0.15) is 5.75 Å². The molecule has 2 saturated carbocycles. The van der Waals surface area contributed by atoms with Crippen LogP contribution in [0, 0.1) is 22.7 Å². The largest absolute Gasteiger partial charge is 0.508 e. The second kappa shape index (κ2) is 7.61. The third-order valence-electron chi connectivity index (χ3n) is 9.20. The normalized spacial score (nSPS) is 33.6. The van der Waals surface area contributed by atoms with Crippen molar-refractivity contribution < 1.29 is 15.0 Å². The fraction of sp³-hybridized carbons (Fsp3) is 0.720. The summed E-state index contributed by atoms with van der Waals surface area (Å²) in [6.45, 7) is 7.05. The summed E-state index contributed by atoms with van der Waals surface area (Å²) in [5.74, 6) is 1.79. The van der Waals surface area contributed by atoms with E-state index in [4.69, 9.17) is 0 Å². The van der Waals surface area contributed by atoms with Crippen LogP contribution in [-0.2, 0) is 11.2 Å². The van der Waals surface area contributed by atoms with E-state index < -0.39 is 11.4 Å². The van der Waals surface area contributed by atoms with Crippen molar-refractivity contribution in [1.29, 1.82) is 0 Å². The smallest absolute Gasteiger partial charge is 0.310 e. The van der Waals surface area contributed by atoms with Gasteiger partial charge in [0.2, 0.25) is 0 Å². The van der Waals surface area contributed by atoms with Crippen molar-refractivity contribution in [3.63, 3.8) is 0 Å². The number of carbonyl (C=O) groups is 1. The number of aryl methyl sites for hydroxylation is 1. The number of aromatic hydroxyl groups is 1. The molecular weight excluding hydrogens is 362 g/mol. The Bertz CT molecular complexity index is 771. The maximum Gasteiger partial charge on any atom is 0.310 e. The lowest BCUT2D eigenvalue weighted by molar-refractivity contribution is -0.149. The predicted molar refractivity (Wildman–Crippen MR) is 115 cm³/mol. The summed E-state index contributed by atoms with van der Waals surface area (Å²) in [6, 6.07) is 6.42. The van der Waals surface area contributed by atoms with E-state index in [9.17, 15) is 15.0 Å². The van der Waals surface area contributed by atoms with Gasteiger partial charge in [-0.1, -0.05) is 26.8 Å². The SMILES string of the molecule is CCC(CC)(CNC1CCC2C3CCc4cc(O)ccc4C3CC[C@]12C)C(=O)O. The molecule has 3 aliphatic carbocycles. The number of carboxylic acids is 1. The van der Waals surface area contributed by atoms with E-state index in [2.05, 4.69) is 18.3 Å². The number of rotatable bonds is 6. The average Bonchev–Trinajstić information content (AvgIpc) is 3.05. The summed E-state index contributed by atoms with van der Waals surface area (Å²) < 4.78 is 0. The number of phenols is 1. The Morgan fingerprint density at radius 3 is 2.66 bits per heavy atom. The number of hydrogen-bond donors (Lipinski definition) is 3. The van der Waals surface area contributed by atoms with Crippen molar-refractivity contribution in [2.75, 3.05) is 6.54 Å². The van der Waals surface area contributed by atoms with Crippen LogP contribution in [0.4, 0.5) is 0 Å². The van der Waals surface area contributed by atoms with Crippen molar-refractivity contribution in [2.24, 2.45) is 22.7 Å². The Kier molecular flexibility index (Phi) is 5.43. The molecule has 0 bridgehead atoms. The van der Waals surface area contributed by atoms with Crippen LogP contribution in [0.2, 0.25) is 0 Å². The first-order valence-electron chi connectivity index (χ1n) is 11.6. The van der Waals surface area contributed by atoms with Crippen LogP contribution in [0.3, 0.4) is 0 Å². The molecule has 0 radical (unpaired) electrons. The fourth-order valence-corrected chi connectivity index (χ4v) is 7.10. The Labute approximate surface area is 175 Å². The molecule has 3 N–H and O–H groups in total. The van der Waals surface area contributed by atoms with Gasteiger partial charge < -0.3 is 15.5 Å². The molecule has 0 spiro atoms. The van der Waals surface area contributed by atoms with Crippen molar-refractivity contribution in [1.82, 2.24) is 5.32 Å². The fourth-order valence-electron chi connectivity index (χ4n) is 7.10. The highest BCUT2D eigenvalue weighted by atomic mass is 16.4. The highest BCUT2D eigenvalue weighted by Gasteiger charge is 2.55. The lowest BCUT2D eigenvalue weighted by Gasteiger charge is -2.51. The lowest BCUT2D eigenvalue weighted by Crippen LogP contribution is -2.51. The van der Waals surface area contributed by atoms with Crippen molar-refractivity contribution in [3.05, 3.63) is 29.3 Å². The molecule has 0 aromatic heterocycles. The molecule has 4 rings (SSSR count). The van der Waals surface area contributed by atoms with Gasteiger partial charge in [-0.3, -0.25) is 4.79 Å². The molecule has 0 heterocycles. The van der Waals surface area contributed by atoms with Crippen molar-refractivity contribution >= 4 is 5.97 Å². The molecule has 3 aliphatic rings. The predicted octanol–water partition coefficient (Wildman–Crippen LogP) is 5.10. The van der Waals surface area contributed by atoms with E-state index in [-0.39, 0.29) is 5.41 Å². The summed E-state index contributed by atoms with van der Waals surface area (Å²) in [6.07, 6.45) is 8.46. The van der Waals surface area contributed by atoms with Crippen LogP contribution in [0.15, 0.2) is 18.2 Å². The van der Waals surface area contributed by atoms with Crippen LogP contribution in [0.1, 0.15) is 82.8 Å². The number of phenolic OH excluding ortho intramolecular Hbond substituents is 1. The minimum Gasteiger partial charge on any atom is -0.508 e. The molecule has 1 aromatic rings. The zero-order valence-corrected chi connectivity index (χ0v) is 18.2. The van der Waals surface area contributed by atoms with Gasteiger partial charge >= 0.3 is 5.97 Å². The minimum absolute atomic E-state index is 0.265. The molecule has 160 valence electrons. The van der Waals surface area contributed by atoms with Crippen LogP contribution in [0.5, 0.6) is 5.75 Å². The van der Waals surface area contributed by atoms with Crippen LogP contribution in [-0.4, -0.2) is 28.8 Å². The second-order valence-electron chi connectivity index (χ2n) is 10.1. The molecule has 4 unspecified atom stereocenters. The number of aliphatic carboxylic acids is 1. The van der Waals surface area contributed by atoms with Crippen molar-refractivity contribution in [2.45, 2.75) is 84.1 Å². The number of hydrogen-bond acceptors (Lipinski definition) is 3. The highest BCUT2D eigenvalue weighted by Crippen LogP contribution is 2.61. The first kappa shape index (κ1) is 20.7. The Morgan fingerprint density at radius 2 is 1.97 bits per heavy atom. The Balaban J connectivity index is 1.51. The van der Waals surface area contributed by atoms with E-state index in [1.807, 2.05) is 26.0 Å². The van der Waals surface area contributed by atoms with Crippen molar-refractivity contribution in [3.8, 4) is 5.75 Å². The minimum atomic E-state index is -0.662. The summed E-state index contributed by atoms with van der Waals surface area (Å²) in [7, 11) is 0. The molecule has 5 atom stereocenters. The molecule has 0 aliphatic heterocycles. The number of nitrogens with one attached hydrogen (secondary N) is 1. The molecule has 4 nitrogen and oxygen atoms in total. The zero-order chi connectivity index (χ0) is 20.8. The quantitative estimate of drug-likeness (QED) is 0.623. The van der Waals surface area contributed by atoms with Gasteiger partial charge in [0.05, 0.1) is 5.41 Å². The number of fused-ring (bicyclic) bond motifs is 5. The average molecular weight is 400 g/mol. The van der Waals surface area contributed by atoms with E-state index in [0.29, 0.717) is 43.0 Å². The van der Waals surface area contributed by atoms with Gasteiger partial charge in [-0.15, -0.1) is 0 Å². The van der Waals surface area contributed by atoms with Gasteiger partial charge in [-0.2, -0.15) is 0 Å². The standard InChI is InChI=1S/C25H37NO3/c1-4-25(5-2,23(28)29)15-26-22-11-10-21-20-8-6-16-14-17(27)7-9-18(16)19(20)12-13-24(21,22)3/h7,9,14,19-22,26-27H,4-6,8,10-13,15H2,1-3H3,(H,28,29)/t19?,20?,21?,22?,24-/m0/s1. The maximum atomic E-state index is 11.9. The van der Waals surface area contributed by atoms with Crippen LogP contribution in [0.25, 0.3) is 0 Å². The van der Waals surface area contributed by atoms with E-state index in [0.717, 1.165) is 18.8 Å². The molecule has 4 heteroatoms. The van der Waals surface area contributed by atoms with Gasteiger partial charge in [-0.05, 0) is 97.8 Å². The van der Waals surface area contributed by atoms with E-state index in [1.54, 1.807) is 0 Å². The first-order chi connectivity index (χ1) is 13.8. The maximum absolute atomic E-state index is 11.9. The molecule has 29 heavy (non-hydrogen) atoms. The van der Waals surface area contributed by atoms with E-state index >= 15 is 0 Å². The lowest BCUT2D eigenvalue weighted by atomic mass is 9.55. The second-order valence-corrected chi connectivity index (χ2v) is 10.1. The van der Waals surface area contributed by atoms with Gasteiger partial charge in [0.25, 0.3) is 0 Å². The third kappa shape index (κ3) is 3.28. The topological polar surface area (TPSA) is 69.6 Å². The third-order valence-corrected chi connectivity index (χ3v) is 9.20. The van der Waals surface area contributed by atoms with Crippen LogP contribution >= 0.6 is 0 Å². The van der Waals surface area contributed by atoms with Crippen LogP contribution < -0.4 is 5.32 Å². The highest BCUT2D eigenvalue weighted by molar-refractivity contribution is 5.74. The first-order valence-corrected chi connectivity index (χ1v) is 11.6. The monoisotopic (exact) mass is 399 g/mol. The summed E-state index contributed by atoms with van der Waals surface area (Å²) in [4.78, 5) is 11.9. The summed E-state index contributed by atoms with van der Waals surface area (Å²) in [5, 5.41) is 23.4. The Hall–Kier alpha value is -1.55. The summed E-state index contributed by atoms with van der Waals surface area (Å²) in [5.41, 5.74) is 2.44. The van der Waals surface area contributed by atoms with Gasteiger partial charge in [0, 0.05) is 12.6 Å². The zero-order valence-electron chi connectivity index (χ0n) is 18.2. The number of benzene rings is 1. The summed E-state index contributed by atoms with van der Waals surface area (Å²) >= 11 is 0. The Morgan fingerprint density at radius 1 is 1.21 bits per heavy atom.